The van der Waals surface area contributed by atoms with Crippen LogP contribution in [0.1, 0.15) is 36.6 Å². The Kier molecular flexibility index (Phi) is 4.46. The number of ether oxygens (including phenoxy) is 1. The highest BCUT2D eigenvalue weighted by atomic mass is 16.5. The molecule has 21 heavy (non-hydrogen) atoms. The van der Waals surface area contributed by atoms with E-state index in [1.54, 1.807) is 26.1 Å². The van der Waals surface area contributed by atoms with Crippen LogP contribution in [-0.4, -0.2) is 44.1 Å². The number of aryl methyl sites for hydroxylation is 1. The first kappa shape index (κ1) is 14.9. The SMILES string of the molecule is Cc1ccnc2nc(C(=O)NCCC(=O)OC(C)C)nn12. The summed E-state index contributed by atoms with van der Waals surface area (Å²) in [6.07, 6.45) is 1.54. The van der Waals surface area contributed by atoms with Crippen LogP contribution in [0.25, 0.3) is 5.78 Å². The molecule has 2 rings (SSSR count). The molecule has 0 bridgehead atoms. The molecule has 8 heteroatoms. The molecule has 0 aromatic carbocycles. The lowest BCUT2D eigenvalue weighted by Gasteiger charge is -2.07. The van der Waals surface area contributed by atoms with Gasteiger partial charge in [-0.1, -0.05) is 0 Å². The number of aromatic nitrogens is 4. The Balaban J connectivity index is 1.93. The normalized spacial score (nSPS) is 10.9. The predicted octanol–water partition coefficient (Wildman–Crippen LogP) is 0.504. The highest BCUT2D eigenvalue weighted by molar-refractivity contribution is 5.91. The first-order chi connectivity index (χ1) is 9.97. The molecule has 0 spiro atoms. The summed E-state index contributed by atoms with van der Waals surface area (Å²) in [6, 6.07) is 1.77. The second kappa shape index (κ2) is 6.29. The van der Waals surface area contributed by atoms with Gasteiger partial charge in [0.1, 0.15) is 0 Å². The van der Waals surface area contributed by atoms with E-state index in [-0.39, 0.29) is 30.9 Å². The third-order valence-electron chi connectivity index (χ3n) is 2.61. The van der Waals surface area contributed by atoms with Gasteiger partial charge in [0, 0.05) is 18.4 Å². The average molecular weight is 291 g/mol. The van der Waals surface area contributed by atoms with E-state index in [2.05, 4.69) is 20.4 Å². The molecule has 0 radical (unpaired) electrons. The molecule has 0 unspecified atom stereocenters. The minimum Gasteiger partial charge on any atom is -0.463 e. The van der Waals surface area contributed by atoms with Crippen LogP contribution in [0.3, 0.4) is 0 Å². The van der Waals surface area contributed by atoms with Crippen molar-refractivity contribution in [2.45, 2.75) is 33.3 Å². The summed E-state index contributed by atoms with van der Waals surface area (Å²) in [5.41, 5.74) is 0.826. The van der Waals surface area contributed by atoms with Gasteiger partial charge >= 0.3 is 5.97 Å². The van der Waals surface area contributed by atoms with Crippen molar-refractivity contribution >= 4 is 17.7 Å². The second-order valence-corrected chi connectivity index (χ2v) is 4.78. The van der Waals surface area contributed by atoms with Gasteiger partial charge < -0.3 is 10.1 Å². The number of hydrogen-bond acceptors (Lipinski definition) is 6. The fourth-order valence-electron chi connectivity index (χ4n) is 1.68. The zero-order chi connectivity index (χ0) is 15.4. The van der Waals surface area contributed by atoms with Crippen LogP contribution >= 0.6 is 0 Å². The Labute approximate surface area is 121 Å². The van der Waals surface area contributed by atoms with Crippen molar-refractivity contribution in [3.8, 4) is 0 Å². The van der Waals surface area contributed by atoms with Crippen molar-refractivity contribution in [2.24, 2.45) is 0 Å². The van der Waals surface area contributed by atoms with Crippen LogP contribution < -0.4 is 5.32 Å². The zero-order valence-corrected chi connectivity index (χ0v) is 12.2. The molecule has 2 heterocycles. The molecule has 1 amide bonds. The van der Waals surface area contributed by atoms with E-state index in [0.717, 1.165) is 5.69 Å². The molecule has 0 aliphatic carbocycles. The van der Waals surface area contributed by atoms with Crippen LogP contribution in [-0.2, 0) is 9.53 Å². The van der Waals surface area contributed by atoms with Gasteiger partial charge in [-0.3, -0.25) is 9.59 Å². The molecule has 2 aromatic rings. The van der Waals surface area contributed by atoms with E-state index < -0.39 is 5.91 Å². The van der Waals surface area contributed by atoms with E-state index in [9.17, 15) is 9.59 Å². The number of nitrogens with one attached hydrogen (secondary N) is 1. The summed E-state index contributed by atoms with van der Waals surface area (Å²) in [5.74, 6) is -0.420. The maximum Gasteiger partial charge on any atom is 0.307 e. The van der Waals surface area contributed by atoms with Crippen molar-refractivity contribution in [2.75, 3.05) is 6.54 Å². The van der Waals surface area contributed by atoms with E-state index in [1.807, 2.05) is 6.92 Å². The van der Waals surface area contributed by atoms with Crippen LogP contribution in [0, 0.1) is 6.92 Å². The second-order valence-electron chi connectivity index (χ2n) is 4.78. The number of nitrogens with zero attached hydrogens (tertiary/aromatic N) is 4. The molecule has 2 aromatic heterocycles. The predicted molar refractivity (Wildman–Crippen MR) is 73.7 cm³/mol. The Bertz CT molecular complexity index is 665. The third kappa shape index (κ3) is 3.74. The Morgan fingerprint density at radius 1 is 1.43 bits per heavy atom. The van der Waals surface area contributed by atoms with Crippen molar-refractivity contribution in [1.29, 1.82) is 0 Å². The maximum absolute atomic E-state index is 11.9. The van der Waals surface area contributed by atoms with Gasteiger partial charge in [-0.15, -0.1) is 5.10 Å². The van der Waals surface area contributed by atoms with Crippen LogP contribution in [0.5, 0.6) is 0 Å². The number of carbonyl (C=O) groups is 2. The lowest BCUT2D eigenvalue weighted by Crippen LogP contribution is -2.28. The molecular weight excluding hydrogens is 274 g/mol. The summed E-state index contributed by atoms with van der Waals surface area (Å²) >= 11 is 0. The number of fused-ring (bicyclic) bond motifs is 1. The molecule has 0 aliphatic rings. The van der Waals surface area contributed by atoms with E-state index >= 15 is 0 Å². The van der Waals surface area contributed by atoms with Gasteiger partial charge in [-0.2, -0.15) is 4.98 Å². The van der Waals surface area contributed by atoms with Crippen molar-refractivity contribution in [3.05, 3.63) is 23.8 Å². The molecule has 0 atom stereocenters. The summed E-state index contributed by atoms with van der Waals surface area (Å²) < 4.78 is 6.45. The topological polar surface area (TPSA) is 98.5 Å². The maximum atomic E-state index is 11.9. The number of esters is 1. The molecule has 0 aliphatic heterocycles. The number of hydrogen-bond donors (Lipinski definition) is 1. The van der Waals surface area contributed by atoms with Crippen LogP contribution in [0.2, 0.25) is 0 Å². The minimum atomic E-state index is -0.447. The third-order valence-corrected chi connectivity index (χ3v) is 2.61. The summed E-state index contributed by atoms with van der Waals surface area (Å²) in [4.78, 5) is 31.3. The van der Waals surface area contributed by atoms with Crippen LogP contribution in [0.4, 0.5) is 0 Å². The summed E-state index contributed by atoms with van der Waals surface area (Å²) in [7, 11) is 0. The largest absolute Gasteiger partial charge is 0.463 e. The van der Waals surface area contributed by atoms with E-state index in [1.165, 1.54) is 4.52 Å². The molecule has 112 valence electrons. The van der Waals surface area contributed by atoms with Gasteiger partial charge in [0.2, 0.25) is 5.82 Å². The quantitative estimate of drug-likeness (QED) is 0.806. The highest BCUT2D eigenvalue weighted by Gasteiger charge is 2.14. The molecule has 0 fully saturated rings. The van der Waals surface area contributed by atoms with Gasteiger partial charge in [-0.25, -0.2) is 9.50 Å². The first-order valence-electron chi connectivity index (χ1n) is 6.63. The smallest absolute Gasteiger partial charge is 0.307 e. The fraction of sp³-hybridized carbons (Fsp3) is 0.462. The van der Waals surface area contributed by atoms with Crippen molar-refractivity contribution in [3.63, 3.8) is 0 Å². The zero-order valence-electron chi connectivity index (χ0n) is 12.2. The lowest BCUT2D eigenvalue weighted by atomic mass is 10.4. The Morgan fingerprint density at radius 2 is 2.19 bits per heavy atom. The van der Waals surface area contributed by atoms with Crippen molar-refractivity contribution in [1.82, 2.24) is 24.9 Å². The monoisotopic (exact) mass is 291 g/mol. The van der Waals surface area contributed by atoms with E-state index in [0.29, 0.717) is 5.78 Å². The van der Waals surface area contributed by atoms with Crippen LogP contribution in [0.15, 0.2) is 12.3 Å². The van der Waals surface area contributed by atoms with Gasteiger partial charge in [0.25, 0.3) is 11.7 Å². The molecule has 1 N–H and O–H groups in total. The number of amides is 1. The Morgan fingerprint density at radius 3 is 2.86 bits per heavy atom. The van der Waals surface area contributed by atoms with E-state index in [4.69, 9.17) is 4.74 Å². The van der Waals surface area contributed by atoms with Gasteiger partial charge in [0.05, 0.1) is 12.5 Å². The summed E-state index contributed by atoms with van der Waals surface area (Å²) in [5, 5.41) is 6.65. The fourth-order valence-corrected chi connectivity index (χ4v) is 1.68. The minimum absolute atomic E-state index is 0.0222. The van der Waals surface area contributed by atoms with Gasteiger partial charge in [0.15, 0.2) is 0 Å². The van der Waals surface area contributed by atoms with Crippen molar-refractivity contribution < 1.29 is 14.3 Å². The Hall–Kier alpha value is -2.51. The van der Waals surface area contributed by atoms with Gasteiger partial charge in [-0.05, 0) is 26.8 Å². The summed E-state index contributed by atoms with van der Waals surface area (Å²) in [6.45, 7) is 5.55. The molecule has 0 saturated carbocycles. The standard InChI is InChI=1S/C13H17N5O3/c1-8(2)21-10(19)5-7-14-12(20)11-16-13-15-6-4-9(3)18(13)17-11/h4,6,8H,5,7H2,1-3H3,(H,14,20). The lowest BCUT2D eigenvalue weighted by molar-refractivity contribution is -0.147. The molecule has 0 saturated heterocycles. The highest BCUT2D eigenvalue weighted by Crippen LogP contribution is 2.01. The first-order valence-corrected chi connectivity index (χ1v) is 6.63. The number of carbonyl (C=O) groups excluding carboxylic acids is 2. The molecular formula is C13H17N5O3. The average Bonchev–Trinajstić information content (AvgIpc) is 2.83. The molecule has 8 nitrogen and oxygen atoms in total. The number of rotatable bonds is 5.